The Hall–Kier alpha value is -0.840. The summed E-state index contributed by atoms with van der Waals surface area (Å²) < 4.78 is 1.17. The predicted octanol–water partition coefficient (Wildman–Crippen LogP) is 3.19. The van der Waals surface area contributed by atoms with Crippen LogP contribution in [0.2, 0.25) is 5.02 Å². The van der Waals surface area contributed by atoms with E-state index in [2.05, 4.69) is 11.8 Å². The van der Waals surface area contributed by atoms with Crippen molar-refractivity contribution in [3.05, 3.63) is 22.7 Å². The minimum atomic E-state index is 0.354. The molecule has 1 aliphatic rings. The molecule has 2 N–H and O–H groups in total. The zero-order valence-corrected chi connectivity index (χ0v) is 11.9. The van der Waals surface area contributed by atoms with Crippen LogP contribution in [0.3, 0.4) is 0 Å². The summed E-state index contributed by atoms with van der Waals surface area (Å²) in [5, 5.41) is 1.89. The molecule has 5 heteroatoms. The van der Waals surface area contributed by atoms with E-state index >= 15 is 0 Å². The van der Waals surface area contributed by atoms with Crippen LogP contribution in [0.1, 0.15) is 18.4 Å². The quantitative estimate of drug-likeness (QED) is 0.873. The largest absolute Gasteiger partial charge is 0.348 e. The van der Waals surface area contributed by atoms with Gasteiger partial charge in [0.2, 0.25) is 0 Å². The summed E-state index contributed by atoms with van der Waals surface area (Å²) in [6.45, 7) is 4.07. The highest BCUT2D eigenvalue weighted by Gasteiger charge is 2.19. The second-order valence-corrected chi connectivity index (χ2v) is 6.34. The number of nitrogens with two attached hydrogens (primary N) is 1. The minimum Gasteiger partial charge on any atom is -0.348 e. The van der Waals surface area contributed by atoms with Gasteiger partial charge in [-0.1, -0.05) is 22.9 Å². The van der Waals surface area contributed by atoms with Crippen LogP contribution in [-0.2, 0) is 0 Å². The first-order chi connectivity index (χ1) is 8.63. The van der Waals surface area contributed by atoms with E-state index in [-0.39, 0.29) is 0 Å². The third-order valence-electron chi connectivity index (χ3n) is 3.45. The molecule has 1 saturated heterocycles. The van der Waals surface area contributed by atoms with Gasteiger partial charge in [-0.2, -0.15) is 0 Å². The fourth-order valence-corrected chi connectivity index (χ4v) is 3.84. The first-order valence-electron chi connectivity index (χ1n) is 6.21. The predicted molar refractivity (Wildman–Crippen MR) is 78.8 cm³/mol. The van der Waals surface area contributed by atoms with Gasteiger partial charge >= 0.3 is 0 Å². The van der Waals surface area contributed by atoms with E-state index < -0.39 is 0 Å². The Labute approximate surface area is 116 Å². The van der Waals surface area contributed by atoms with E-state index in [9.17, 15) is 0 Å². The van der Waals surface area contributed by atoms with Crippen LogP contribution in [0.4, 0.5) is 5.13 Å². The minimum absolute atomic E-state index is 0.354. The molecule has 0 aliphatic carbocycles. The van der Waals surface area contributed by atoms with Crippen LogP contribution in [0.15, 0.2) is 12.1 Å². The van der Waals surface area contributed by atoms with Crippen LogP contribution in [-0.4, -0.2) is 24.1 Å². The molecule has 1 fully saturated rings. The van der Waals surface area contributed by atoms with Crippen molar-refractivity contribution in [2.24, 2.45) is 5.73 Å². The molecule has 0 saturated carbocycles. The van der Waals surface area contributed by atoms with Crippen molar-refractivity contribution < 1.29 is 0 Å². The van der Waals surface area contributed by atoms with Crippen LogP contribution < -0.4 is 10.6 Å². The third-order valence-corrected chi connectivity index (χ3v) is 4.73. The van der Waals surface area contributed by atoms with Crippen molar-refractivity contribution in [1.82, 2.24) is 4.98 Å². The molecular formula is C13H16ClN3S. The molecule has 18 heavy (non-hydrogen) atoms. The smallest absolute Gasteiger partial charge is 0.186 e. The van der Waals surface area contributed by atoms with Gasteiger partial charge in [-0.05, 0) is 37.5 Å². The van der Waals surface area contributed by atoms with Gasteiger partial charge < -0.3 is 10.6 Å². The first kappa shape index (κ1) is 12.2. The molecule has 1 aromatic carbocycles. The zero-order chi connectivity index (χ0) is 12.7. The molecule has 1 aromatic heterocycles. The normalized spacial score (nSPS) is 17.6. The number of hydrogen-bond acceptors (Lipinski definition) is 4. The number of hydrogen-bond donors (Lipinski definition) is 1. The summed E-state index contributed by atoms with van der Waals surface area (Å²) in [5.74, 6) is 0. The highest BCUT2D eigenvalue weighted by Crippen LogP contribution is 2.33. The lowest BCUT2D eigenvalue weighted by Gasteiger charge is -2.29. The van der Waals surface area contributed by atoms with Gasteiger partial charge in [0.25, 0.3) is 0 Å². The average molecular weight is 282 g/mol. The van der Waals surface area contributed by atoms with E-state index in [0.29, 0.717) is 6.04 Å². The maximum Gasteiger partial charge on any atom is 0.186 e. The molecule has 0 spiro atoms. The lowest BCUT2D eigenvalue weighted by atomic mass is 10.1. The number of aryl methyl sites for hydroxylation is 1. The molecule has 3 rings (SSSR count). The van der Waals surface area contributed by atoms with Gasteiger partial charge in [-0.15, -0.1) is 0 Å². The maximum absolute atomic E-state index is 6.09. The van der Waals surface area contributed by atoms with Crippen LogP contribution >= 0.6 is 22.9 Å². The van der Waals surface area contributed by atoms with Crippen molar-refractivity contribution in [2.75, 3.05) is 18.0 Å². The molecule has 1 aliphatic heterocycles. The van der Waals surface area contributed by atoms with Gasteiger partial charge in [0.15, 0.2) is 5.13 Å². The third kappa shape index (κ3) is 2.20. The van der Waals surface area contributed by atoms with Crippen molar-refractivity contribution >= 4 is 38.3 Å². The van der Waals surface area contributed by atoms with E-state index in [1.807, 2.05) is 12.1 Å². The summed E-state index contributed by atoms with van der Waals surface area (Å²) in [4.78, 5) is 7.08. The molecular weight excluding hydrogens is 266 g/mol. The molecule has 0 atom stereocenters. The number of rotatable bonds is 1. The molecule has 96 valence electrons. The van der Waals surface area contributed by atoms with Gasteiger partial charge in [0, 0.05) is 24.2 Å². The lowest BCUT2D eigenvalue weighted by molar-refractivity contribution is 0.501. The van der Waals surface area contributed by atoms with Gasteiger partial charge in [-0.25, -0.2) is 4.98 Å². The zero-order valence-electron chi connectivity index (χ0n) is 10.3. The highest BCUT2D eigenvalue weighted by atomic mass is 35.5. The highest BCUT2D eigenvalue weighted by molar-refractivity contribution is 7.22. The Bertz CT molecular complexity index is 573. The summed E-state index contributed by atoms with van der Waals surface area (Å²) in [6, 6.07) is 4.33. The summed E-state index contributed by atoms with van der Waals surface area (Å²) in [6.07, 6.45) is 2.10. The number of anilines is 1. The van der Waals surface area contributed by atoms with E-state index in [4.69, 9.17) is 22.3 Å². The number of benzene rings is 1. The molecule has 2 heterocycles. The van der Waals surface area contributed by atoms with Crippen LogP contribution in [0, 0.1) is 6.92 Å². The molecule has 3 nitrogen and oxygen atoms in total. The summed E-state index contributed by atoms with van der Waals surface area (Å²) in [7, 11) is 0. The summed E-state index contributed by atoms with van der Waals surface area (Å²) >= 11 is 7.81. The van der Waals surface area contributed by atoms with Crippen LogP contribution in [0.25, 0.3) is 10.2 Å². The molecule has 0 radical (unpaired) electrons. The summed E-state index contributed by atoms with van der Waals surface area (Å²) in [5.41, 5.74) is 8.16. The van der Waals surface area contributed by atoms with E-state index in [1.165, 1.54) is 4.70 Å². The van der Waals surface area contributed by atoms with Crippen molar-refractivity contribution in [2.45, 2.75) is 25.8 Å². The standard InChI is InChI=1S/C13H16ClN3S/c1-8-6-9(14)7-11-12(8)16-13(18-11)17-4-2-10(15)3-5-17/h6-7,10H,2-5,15H2,1H3. The fraction of sp³-hybridized carbons (Fsp3) is 0.462. The molecule has 0 unspecified atom stereocenters. The Balaban J connectivity index is 1.96. The second-order valence-electron chi connectivity index (χ2n) is 4.89. The lowest BCUT2D eigenvalue weighted by Crippen LogP contribution is -2.39. The number of fused-ring (bicyclic) bond motifs is 1. The number of thiazole rings is 1. The van der Waals surface area contributed by atoms with Gasteiger partial charge in [0.05, 0.1) is 10.2 Å². The van der Waals surface area contributed by atoms with Crippen molar-refractivity contribution in [3.63, 3.8) is 0 Å². The maximum atomic E-state index is 6.09. The topological polar surface area (TPSA) is 42.1 Å². The molecule has 0 amide bonds. The Kier molecular flexibility index (Phi) is 3.18. The average Bonchev–Trinajstić information content (AvgIpc) is 2.74. The van der Waals surface area contributed by atoms with Crippen LogP contribution in [0.5, 0.6) is 0 Å². The Morgan fingerprint density at radius 1 is 1.39 bits per heavy atom. The van der Waals surface area contributed by atoms with E-state index in [1.54, 1.807) is 11.3 Å². The van der Waals surface area contributed by atoms with Crippen molar-refractivity contribution in [3.8, 4) is 0 Å². The number of piperidine rings is 1. The molecule has 0 bridgehead atoms. The Morgan fingerprint density at radius 3 is 2.83 bits per heavy atom. The SMILES string of the molecule is Cc1cc(Cl)cc2sc(N3CCC(N)CC3)nc12. The van der Waals surface area contributed by atoms with Gasteiger partial charge in [-0.3, -0.25) is 0 Å². The second kappa shape index (κ2) is 4.68. The van der Waals surface area contributed by atoms with E-state index in [0.717, 1.165) is 47.2 Å². The Morgan fingerprint density at radius 2 is 2.11 bits per heavy atom. The number of halogens is 1. The monoisotopic (exact) mass is 281 g/mol. The van der Waals surface area contributed by atoms with Gasteiger partial charge in [0.1, 0.15) is 0 Å². The molecule has 2 aromatic rings. The first-order valence-corrected chi connectivity index (χ1v) is 7.40. The van der Waals surface area contributed by atoms with Crippen molar-refractivity contribution in [1.29, 1.82) is 0 Å². The number of nitrogens with zero attached hydrogens (tertiary/aromatic N) is 2. The number of aromatic nitrogens is 1. The fourth-order valence-electron chi connectivity index (χ4n) is 2.37.